The van der Waals surface area contributed by atoms with Crippen LogP contribution in [-0.4, -0.2) is 23.5 Å². The molecule has 0 aliphatic rings. The standard InChI is InChI=1S/C12H21N3OS/c1-4-9(2)15-12(16)5-6-13-7-11-10(3)14-8-17-11/h8-9,13H,4-7H2,1-3H3,(H,15,16). The summed E-state index contributed by atoms with van der Waals surface area (Å²) in [5, 5.41) is 6.21. The van der Waals surface area contributed by atoms with Crippen LogP contribution in [0.3, 0.4) is 0 Å². The van der Waals surface area contributed by atoms with Gasteiger partial charge in [-0.2, -0.15) is 0 Å². The van der Waals surface area contributed by atoms with Crippen LogP contribution in [0.2, 0.25) is 0 Å². The fourth-order valence-corrected chi connectivity index (χ4v) is 2.10. The number of aryl methyl sites for hydroxylation is 1. The Morgan fingerprint density at radius 1 is 1.59 bits per heavy atom. The van der Waals surface area contributed by atoms with Crippen LogP contribution in [0, 0.1) is 6.92 Å². The maximum absolute atomic E-state index is 11.5. The number of amides is 1. The van der Waals surface area contributed by atoms with Gasteiger partial charge in [0.05, 0.1) is 11.2 Å². The zero-order valence-corrected chi connectivity index (χ0v) is 11.6. The molecule has 1 heterocycles. The average molecular weight is 255 g/mol. The van der Waals surface area contributed by atoms with E-state index in [0.29, 0.717) is 13.0 Å². The zero-order valence-electron chi connectivity index (χ0n) is 10.7. The summed E-state index contributed by atoms with van der Waals surface area (Å²) >= 11 is 1.65. The first-order valence-electron chi connectivity index (χ1n) is 6.02. The van der Waals surface area contributed by atoms with Gasteiger partial charge in [-0.15, -0.1) is 11.3 Å². The summed E-state index contributed by atoms with van der Waals surface area (Å²) in [5.41, 5.74) is 2.92. The predicted molar refractivity (Wildman–Crippen MR) is 71.1 cm³/mol. The predicted octanol–water partition coefficient (Wildman–Crippen LogP) is 1.85. The van der Waals surface area contributed by atoms with E-state index in [2.05, 4.69) is 22.5 Å². The molecule has 0 aliphatic carbocycles. The van der Waals surface area contributed by atoms with Crippen LogP contribution in [0.4, 0.5) is 0 Å². The smallest absolute Gasteiger partial charge is 0.221 e. The fourth-order valence-electron chi connectivity index (χ4n) is 1.35. The van der Waals surface area contributed by atoms with E-state index in [9.17, 15) is 4.79 Å². The van der Waals surface area contributed by atoms with Gasteiger partial charge in [0, 0.05) is 30.4 Å². The topological polar surface area (TPSA) is 54.0 Å². The Morgan fingerprint density at radius 3 is 2.94 bits per heavy atom. The summed E-state index contributed by atoms with van der Waals surface area (Å²) in [7, 11) is 0. The molecule has 4 nitrogen and oxygen atoms in total. The summed E-state index contributed by atoms with van der Waals surface area (Å²) in [6.45, 7) is 7.59. The number of rotatable bonds is 7. The van der Waals surface area contributed by atoms with Crippen molar-refractivity contribution < 1.29 is 4.79 Å². The molecule has 1 rings (SSSR count). The largest absolute Gasteiger partial charge is 0.354 e. The van der Waals surface area contributed by atoms with Gasteiger partial charge in [0.2, 0.25) is 5.91 Å². The molecule has 0 aromatic carbocycles. The van der Waals surface area contributed by atoms with Gasteiger partial charge in [0.25, 0.3) is 0 Å². The van der Waals surface area contributed by atoms with E-state index in [1.165, 1.54) is 4.88 Å². The lowest BCUT2D eigenvalue weighted by molar-refractivity contribution is -0.121. The molecule has 0 aliphatic heterocycles. The molecule has 0 bridgehead atoms. The molecule has 0 radical (unpaired) electrons. The number of hydrogen-bond acceptors (Lipinski definition) is 4. The molecule has 0 fully saturated rings. The van der Waals surface area contributed by atoms with Gasteiger partial charge in [0.15, 0.2) is 0 Å². The van der Waals surface area contributed by atoms with Crippen molar-refractivity contribution in [3.63, 3.8) is 0 Å². The number of thiazole rings is 1. The van der Waals surface area contributed by atoms with Gasteiger partial charge in [0.1, 0.15) is 0 Å². The Hall–Kier alpha value is -0.940. The number of carbonyl (C=O) groups excluding carboxylic acids is 1. The zero-order chi connectivity index (χ0) is 12.7. The van der Waals surface area contributed by atoms with Crippen LogP contribution < -0.4 is 10.6 Å². The minimum Gasteiger partial charge on any atom is -0.354 e. The van der Waals surface area contributed by atoms with Gasteiger partial charge >= 0.3 is 0 Å². The minimum atomic E-state index is 0.118. The number of aromatic nitrogens is 1. The van der Waals surface area contributed by atoms with Gasteiger partial charge in [-0.05, 0) is 20.3 Å². The van der Waals surface area contributed by atoms with Crippen LogP contribution in [0.1, 0.15) is 37.3 Å². The monoisotopic (exact) mass is 255 g/mol. The van der Waals surface area contributed by atoms with Crippen molar-refractivity contribution >= 4 is 17.2 Å². The van der Waals surface area contributed by atoms with Crippen LogP contribution in [-0.2, 0) is 11.3 Å². The second kappa shape index (κ2) is 7.40. The second-order valence-corrected chi connectivity index (χ2v) is 5.10. The van der Waals surface area contributed by atoms with E-state index in [1.54, 1.807) is 11.3 Å². The van der Waals surface area contributed by atoms with Crippen LogP contribution in [0.5, 0.6) is 0 Å². The normalized spacial score (nSPS) is 12.4. The molecule has 1 unspecified atom stereocenters. The lowest BCUT2D eigenvalue weighted by atomic mass is 10.2. The Labute approximate surface area is 107 Å². The molecule has 0 spiro atoms. The van der Waals surface area contributed by atoms with Crippen molar-refractivity contribution in [1.29, 1.82) is 0 Å². The molecule has 96 valence electrons. The number of hydrogen-bond donors (Lipinski definition) is 2. The third-order valence-electron chi connectivity index (χ3n) is 2.68. The maximum Gasteiger partial charge on any atom is 0.221 e. The van der Waals surface area contributed by atoms with Crippen molar-refractivity contribution in [2.24, 2.45) is 0 Å². The third-order valence-corrected chi connectivity index (χ3v) is 3.61. The lowest BCUT2D eigenvalue weighted by Crippen LogP contribution is -2.33. The molecular weight excluding hydrogens is 234 g/mol. The van der Waals surface area contributed by atoms with Crippen molar-refractivity contribution in [1.82, 2.24) is 15.6 Å². The molecule has 0 saturated carbocycles. The van der Waals surface area contributed by atoms with E-state index < -0.39 is 0 Å². The number of nitrogens with zero attached hydrogens (tertiary/aromatic N) is 1. The number of carbonyl (C=O) groups is 1. The SMILES string of the molecule is CCC(C)NC(=O)CCNCc1scnc1C. The van der Waals surface area contributed by atoms with Crippen molar-refractivity contribution in [3.8, 4) is 0 Å². The highest BCUT2D eigenvalue weighted by atomic mass is 32.1. The summed E-state index contributed by atoms with van der Waals surface area (Å²) in [6, 6.07) is 0.270. The Balaban J connectivity index is 2.12. The van der Waals surface area contributed by atoms with Crippen LogP contribution in [0.25, 0.3) is 0 Å². The summed E-state index contributed by atoms with van der Waals surface area (Å²) in [4.78, 5) is 16.9. The first-order chi connectivity index (χ1) is 8.13. The molecule has 1 aromatic rings. The van der Waals surface area contributed by atoms with Crippen molar-refractivity contribution in [3.05, 3.63) is 16.1 Å². The van der Waals surface area contributed by atoms with Gasteiger partial charge in [-0.1, -0.05) is 6.92 Å². The highest BCUT2D eigenvalue weighted by molar-refractivity contribution is 7.09. The van der Waals surface area contributed by atoms with Gasteiger partial charge in [-0.3, -0.25) is 4.79 Å². The van der Waals surface area contributed by atoms with Crippen LogP contribution >= 0.6 is 11.3 Å². The van der Waals surface area contributed by atoms with Crippen LogP contribution in [0.15, 0.2) is 5.51 Å². The van der Waals surface area contributed by atoms with E-state index in [1.807, 2.05) is 19.4 Å². The maximum atomic E-state index is 11.5. The Bertz CT molecular complexity index is 351. The minimum absolute atomic E-state index is 0.118. The quantitative estimate of drug-likeness (QED) is 0.731. The van der Waals surface area contributed by atoms with E-state index in [4.69, 9.17) is 0 Å². The Morgan fingerprint density at radius 2 is 2.35 bits per heavy atom. The number of nitrogens with one attached hydrogen (secondary N) is 2. The molecule has 5 heteroatoms. The second-order valence-electron chi connectivity index (χ2n) is 4.16. The summed E-state index contributed by atoms with van der Waals surface area (Å²) in [5.74, 6) is 0.118. The highest BCUT2D eigenvalue weighted by Crippen LogP contribution is 2.10. The lowest BCUT2D eigenvalue weighted by Gasteiger charge is -2.11. The average Bonchev–Trinajstić information content (AvgIpc) is 2.70. The highest BCUT2D eigenvalue weighted by Gasteiger charge is 2.05. The molecular formula is C12H21N3OS. The fraction of sp³-hybridized carbons (Fsp3) is 0.667. The van der Waals surface area contributed by atoms with Crippen molar-refractivity contribution in [2.45, 2.75) is 46.2 Å². The van der Waals surface area contributed by atoms with Gasteiger partial charge < -0.3 is 10.6 Å². The van der Waals surface area contributed by atoms with E-state index >= 15 is 0 Å². The van der Waals surface area contributed by atoms with Crippen molar-refractivity contribution in [2.75, 3.05) is 6.54 Å². The first-order valence-corrected chi connectivity index (χ1v) is 6.90. The van der Waals surface area contributed by atoms with E-state index in [0.717, 1.165) is 18.7 Å². The summed E-state index contributed by atoms with van der Waals surface area (Å²) < 4.78 is 0. The summed E-state index contributed by atoms with van der Waals surface area (Å²) in [6.07, 6.45) is 1.50. The molecule has 0 saturated heterocycles. The molecule has 2 N–H and O–H groups in total. The Kier molecular flexibility index (Phi) is 6.15. The molecule has 1 aromatic heterocycles. The van der Waals surface area contributed by atoms with E-state index in [-0.39, 0.29) is 11.9 Å². The molecule has 1 atom stereocenters. The molecule has 17 heavy (non-hydrogen) atoms. The van der Waals surface area contributed by atoms with Gasteiger partial charge in [-0.25, -0.2) is 4.98 Å². The third kappa shape index (κ3) is 5.28. The molecule has 1 amide bonds. The first kappa shape index (κ1) is 14.1.